The van der Waals surface area contributed by atoms with Gasteiger partial charge in [-0.1, -0.05) is 6.92 Å². The fourth-order valence-corrected chi connectivity index (χ4v) is 2.33. The maximum atomic E-state index is 12.0. The van der Waals surface area contributed by atoms with Crippen molar-refractivity contribution in [1.29, 1.82) is 0 Å². The van der Waals surface area contributed by atoms with Crippen LogP contribution in [-0.2, 0) is 4.79 Å². The number of aromatic nitrogens is 2. The van der Waals surface area contributed by atoms with Gasteiger partial charge in [-0.25, -0.2) is 9.78 Å². The van der Waals surface area contributed by atoms with Crippen LogP contribution >= 0.6 is 0 Å². The molecule has 1 aromatic rings. The Balaban J connectivity index is 1.85. The minimum atomic E-state index is -0.143. The average Bonchev–Trinajstić information content (AvgIpc) is 2.85. The number of likely N-dealkylation sites (tertiary alicyclic amines) is 1. The third kappa shape index (κ3) is 3.13. The van der Waals surface area contributed by atoms with Crippen LogP contribution in [-0.4, -0.2) is 45.5 Å². The van der Waals surface area contributed by atoms with E-state index in [0.717, 1.165) is 25.9 Å². The smallest absolute Gasteiger partial charge is 0.327 e. The number of nitrogens with zero attached hydrogens (tertiary/aromatic N) is 3. The van der Waals surface area contributed by atoms with E-state index in [2.05, 4.69) is 10.3 Å². The fraction of sp³-hybridized carbons (Fsp3) is 0.615. The molecule has 1 N–H and O–H groups in total. The number of carbonyl (C=O) groups excluding carboxylic acids is 2. The highest BCUT2D eigenvalue weighted by Gasteiger charge is 2.23. The second-order valence-corrected chi connectivity index (χ2v) is 4.80. The van der Waals surface area contributed by atoms with E-state index in [4.69, 9.17) is 0 Å². The molecule has 0 saturated carbocycles. The summed E-state index contributed by atoms with van der Waals surface area (Å²) < 4.78 is 1.50. The molecule has 1 fully saturated rings. The molecule has 1 saturated heterocycles. The van der Waals surface area contributed by atoms with Gasteiger partial charge in [-0.05, 0) is 19.8 Å². The Morgan fingerprint density at radius 1 is 1.42 bits per heavy atom. The van der Waals surface area contributed by atoms with Gasteiger partial charge in [0.05, 0.1) is 0 Å². The number of hydrogen-bond acceptors (Lipinski definition) is 3. The molecular weight excluding hydrogens is 244 g/mol. The maximum Gasteiger partial charge on any atom is 0.327 e. The highest BCUT2D eigenvalue weighted by molar-refractivity contribution is 5.78. The summed E-state index contributed by atoms with van der Waals surface area (Å²) >= 11 is 0. The van der Waals surface area contributed by atoms with Crippen molar-refractivity contribution in [3.05, 3.63) is 18.2 Å². The van der Waals surface area contributed by atoms with Gasteiger partial charge in [0.1, 0.15) is 5.82 Å². The van der Waals surface area contributed by atoms with E-state index in [1.54, 1.807) is 19.3 Å². The Morgan fingerprint density at radius 2 is 2.11 bits per heavy atom. The van der Waals surface area contributed by atoms with Crippen molar-refractivity contribution >= 4 is 11.9 Å². The minimum absolute atomic E-state index is 0.134. The first kappa shape index (κ1) is 13.6. The van der Waals surface area contributed by atoms with Crippen LogP contribution in [0.1, 0.15) is 32.0 Å². The number of aryl methyl sites for hydroxylation is 1. The molecule has 0 unspecified atom stereocenters. The fourth-order valence-electron chi connectivity index (χ4n) is 2.33. The van der Waals surface area contributed by atoms with Crippen LogP contribution in [0.4, 0.5) is 4.79 Å². The SMILES string of the molecule is CCC(=O)N1CCC(NC(=O)n2ccnc2C)CC1. The van der Waals surface area contributed by atoms with E-state index in [9.17, 15) is 9.59 Å². The second-order valence-electron chi connectivity index (χ2n) is 4.80. The lowest BCUT2D eigenvalue weighted by Crippen LogP contribution is -2.47. The van der Waals surface area contributed by atoms with Crippen LogP contribution < -0.4 is 5.32 Å². The standard InChI is InChI=1S/C13H20N4O2/c1-3-12(18)16-7-4-11(5-8-16)15-13(19)17-9-6-14-10(17)2/h6,9,11H,3-5,7-8H2,1-2H3,(H,15,19). The summed E-state index contributed by atoms with van der Waals surface area (Å²) in [5, 5.41) is 2.99. The van der Waals surface area contributed by atoms with Crippen molar-refractivity contribution in [2.45, 2.75) is 39.2 Å². The lowest BCUT2D eigenvalue weighted by molar-refractivity contribution is -0.131. The van der Waals surface area contributed by atoms with Crippen molar-refractivity contribution in [3.8, 4) is 0 Å². The largest absolute Gasteiger partial charge is 0.343 e. The Hall–Kier alpha value is -1.85. The predicted molar refractivity (Wildman–Crippen MR) is 70.8 cm³/mol. The number of imidazole rings is 1. The summed E-state index contributed by atoms with van der Waals surface area (Å²) in [6.45, 7) is 5.11. The van der Waals surface area contributed by atoms with Gasteiger partial charge in [-0.3, -0.25) is 9.36 Å². The first-order valence-electron chi connectivity index (χ1n) is 6.70. The van der Waals surface area contributed by atoms with E-state index < -0.39 is 0 Å². The molecule has 0 radical (unpaired) electrons. The van der Waals surface area contributed by atoms with E-state index in [1.807, 2.05) is 11.8 Å². The molecule has 6 heteroatoms. The molecule has 0 aromatic carbocycles. The summed E-state index contributed by atoms with van der Waals surface area (Å²) in [5.74, 6) is 0.867. The Labute approximate surface area is 112 Å². The van der Waals surface area contributed by atoms with Crippen LogP contribution in [0.3, 0.4) is 0 Å². The van der Waals surface area contributed by atoms with Gasteiger partial charge in [0, 0.05) is 37.9 Å². The molecule has 1 aliphatic heterocycles. The van der Waals surface area contributed by atoms with Gasteiger partial charge in [-0.2, -0.15) is 0 Å². The Bertz CT molecular complexity index is 461. The zero-order chi connectivity index (χ0) is 13.8. The Kier molecular flexibility index (Phi) is 4.19. The van der Waals surface area contributed by atoms with Gasteiger partial charge >= 0.3 is 6.03 Å². The Morgan fingerprint density at radius 3 is 2.63 bits per heavy atom. The lowest BCUT2D eigenvalue weighted by atomic mass is 10.1. The number of piperidine rings is 1. The minimum Gasteiger partial charge on any atom is -0.343 e. The van der Waals surface area contributed by atoms with Crippen molar-refractivity contribution in [2.75, 3.05) is 13.1 Å². The molecule has 0 bridgehead atoms. The van der Waals surface area contributed by atoms with E-state index in [-0.39, 0.29) is 18.0 Å². The van der Waals surface area contributed by atoms with Gasteiger partial charge in [0.25, 0.3) is 0 Å². The highest BCUT2D eigenvalue weighted by Crippen LogP contribution is 2.11. The summed E-state index contributed by atoms with van der Waals surface area (Å²) in [6.07, 6.45) is 5.43. The quantitative estimate of drug-likeness (QED) is 0.871. The number of hydrogen-bond donors (Lipinski definition) is 1. The molecule has 2 amide bonds. The predicted octanol–water partition coefficient (Wildman–Crippen LogP) is 1.15. The molecule has 1 aliphatic rings. The zero-order valence-electron chi connectivity index (χ0n) is 11.4. The third-order valence-corrected chi connectivity index (χ3v) is 3.52. The summed E-state index contributed by atoms with van der Waals surface area (Å²) in [4.78, 5) is 29.4. The third-order valence-electron chi connectivity index (χ3n) is 3.52. The van der Waals surface area contributed by atoms with Crippen LogP contribution in [0.25, 0.3) is 0 Å². The summed E-state index contributed by atoms with van der Waals surface area (Å²) in [5.41, 5.74) is 0. The van der Waals surface area contributed by atoms with E-state index >= 15 is 0 Å². The first-order chi connectivity index (χ1) is 9.11. The van der Waals surface area contributed by atoms with Gasteiger partial charge in [0.2, 0.25) is 5.91 Å². The maximum absolute atomic E-state index is 12.0. The number of rotatable bonds is 2. The van der Waals surface area contributed by atoms with Crippen molar-refractivity contribution in [2.24, 2.45) is 0 Å². The second kappa shape index (κ2) is 5.86. The molecule has 0 atom stereocenters. The number of carbonyl (C=O) groups is 2. The first-order valence-corrected chi connectivity index (χ1v) is 6.70. The van der Waals surface area contributed by atoms with Crippen molar-refractivity contribution in [1.82, 2.24) is 19.8 Å². The topological polar surface area (TPSA) is 67.2 Å². The molecule has 6 nitrogen and oxygen atoms in total. The number of nitrogens with one attached hydrogen (secondary N) is 1. The van der Waals surface area contributed by atoms with Gasteiger partial charge < -0.3 is 10.2 Å². The number of amides is 2. The molecule has 104 valence electrons. The van der Waals surface area contributed by atoms with Crippen LogP contribution in [0, 0.1) is 6.92 Å². The molecule has 19 heavy (non-hydrogen) atoms. The molecule has 2 rings (SSSR count). The van der Waals surface area contributed by atoms with Crippen LogP contribution in [0.5, 0.6) is 0 Å². The van der Waals surface area contributed by atoms with E-state index in [0.29, 0.717) is 12.2 Å². The molecule has 1 aromatic heterocycles. The molecular formula is C13H20N4O2. The van der Waals surface area contributed by atoms with Crippen LogP contribution in [0.2, 0.25) is 0 Å². The van der Waals surface area contributed by atoms with Gasteiger partial charge in [-0.15, -0.1) is 0 Å². The molecule has 0 spiro atoms. The highest BCUT2D eigenvalue weighted by atomic mass is 16.2. The lowest BCUT2D eigenvalue weighted by Gasteiger charge is -2.32. The van der Waals surface area contributed by atoms with E-state index in [1.165, 1.54) is 4.57 Å². The monoisotopic (exact) mass is 264 g/mol. The van der Waals surface area contributed by atoms with Crippen LogP contribution in [0.15, 0.2) is 12.4 Å². The summed E-state index contributed by atoms with van der Waals surface area (Å²) in [6, 6.07) is -0.00882. The normalized spacial score (nSPS) is 16.4. The van der Waals surface area contributed by atoms with Crippen molar-refractivity contribution < 1.29 is 9.59 Å². The average molecular weight is 264 g/mol. The van der Waals surface area contributed by atoms with Gasteiger partial charge in [0.15, 0.2) is 0 Å². The molecule has 2 heterocycles. The van der Waals surface area contributed by atoms with Crippen molar-refractivity contribution in [3.63, 3.8) is 0 Å². The zero-order valence-corrected chi connectivity index (χ0v) is 11.4. The molecule has 0 aliphatic carbocycles. The summed E-state index contributed by atoms with van der Waals surface area (Å²) in [7, 11) is 0.